The van der Waals surface area contributed by atoms with Crippen molar-refractivity contribution in [3.8, 4) is 0 Å². The summed E-state index contributed by atoms with van der Waals surface area (Å²) < 4.78 is 10.0. The monoisotopic (exact) mass is 300 g/mol. The van der Waals surface area contributed by atoms with Crippen LogP contribution in [0.15, 0.2) is 0 Å². The SMILES string of the molecule is CCOC(=O)C(=O)N1CCCN(C(=O)OC(C)(C)C)CC1. The van der Waals surface area contributed by atoms with Crippen LogP contribution in [0.3, 0.4) is 0 Å². The quantitative estimate of drug-likeness (QED) is 0.534. The first-order valence-electron chi connectivity index (χ1n) is 7.18. The minimum atomic E-state index is -0.844. The molecule has 7 nitrogen and oxygen atoms in total. The highest BCUT2D eigenvalue weighted by Gasteiger charge is 2.28. The molecular formula is C14H24N2O5. The van der Waals surface area contributed by atoms with Crippen molar-refractivity contribution in [2.24, 2.45) is 0 Å². The minimum absolute atomic E-state index is 0.169. The summed E-state index contributed by atoms with van der Waals surface area (Å²) >= 11 is 0. The molecule has 0 unspecified atom stereocenters. The Morgan fingerprint density at radius 1 is 1.00 bits per heavy atom. The highest BCUT2D eigenvalue weighted by atomic mass is 16.6. The Bertz CT molecular complexity index is 403. The second-order valence-corrected chi connectivity index (χ2v) is 5.83. The number of esters is 1. The fourth-order valence-corrected chi connectivity index (χ4v) is 1.95. The van der Waals surface area contributed by atoms with Crippen LogP contribution in [0.25, 0.3) is 0 Å². The molecule has 0 aromatic rings. The van der Waals surface area contributed by atoms with Crippen molar-refractivity contribution in [1.82, 2.24) is 9.80 Å². The van der Waals surface area contributed by atoms with Crippen LogP contribution in [0, 0.1) is 0 Å². The average molecular weight is 300 g/mol. The van der Waals surface area contributed by atoms with E-state index in [0.717, 1.165) is 0 Å². The topological polar surface area (TPSA) is 76.2 Å². The number of carbonyl (C=O) groups excluding carboxylic acids is 3. The summed E-state index contributed by atoms with van der Waals surface area (Å²) in [7, 11) is 0. The fourth-order valence-electron chi connectivity index (χ4n) is 1.95. The lowest BCUT2D eigenvalue weighted by molar-refractivity contribution is -0.159. The summed E-state index contributed by atoms with van der Waals surface area (Å²) in [4.78, 5) is 38.3. The molecule has 0 atom stereocenters. The van der Waals surface area contributed by atoms with E-state index in [1.54, 1.807) is 32.6 Å². The Morgan fingerprint density at radius 3 is 2.14 bits per heavy atom. The zero-order chi connectivity index (χ0) is 16.0. The molecule has 21 heavy (non-hydrogen) atoms. The highest BCUT2D eigenvalue weighted by Crippen LogP contribution is 2.12. The summed E-state index contributed by atoms with van der Waals surface area (Å²) in [6, 6.07) is 0. The van der Waals surface area contributed by atoms with Gasteiger partial charge in [0.05, 0.1) is 6.61 Å². The van der Waals surface area contributed by atoms with Crippen molar-refractivity contribution >= 4 is 18.0 Å². The Labute approximate surface area is 125 Å². The maximum absolute atomic E-state index is 12.0. The second kappa shape index (κ2) is 7.28. The van der Waals surface area contributed by atoms with Gasteiger partial charge in [0.1, 0.15) is 5.60 Å². The van der Waals surface area contributed by atoms with Crippen LogP contribution in [0.5, 0.6) is 0 Å². The summed E-state index contributed by atoms with van der Waals surface area (Å²) in [6.45, 7) is 8.81. The van der Waals surface area contributed by atoms with E-state index in [4.69, 9.17) is 9.47 Å². The molecule has 7 heteroatoms. The van der Waals surface area contributed by atoms with Crippen LogP contribution in [0.4, 0.5) is 4.79 Å². The Morgan fingerprint density at radius 2 is 1.57 bits per heavy atom. The van der Waals surface area contributed by atoms with E-state index >= 15 is 0 Å². The molecule has 120 valence electrons. The first-order valence-corrected chi connectivity index (χ1v) is 7.18. The summed E-state index contributed by atoms with van der Waals surface area (Å²) in [6.07, 6.45) is 0.206. The number of rotatable bonds is 1. The minimum Gasteiger partial charge on any atom is -0.459 e. The van der Waals surface area contributed by atoms with Gasteiger partial charge < -0.3 is 19.3 Å². The number of carbonyl (C=O) groups is 3. The van der Waals surface area contributed by atoms with Crippen molar-refractivity contribution in [1.29, 1.82) is 0 Å². The van der Waals surface area contributed by atoms with Crippen LogP contribution in [0.2, 0.25) is 0 Å². The predicted molar refractivity (Wildman–Crippen MR) is 75.6 cm³/mol. The number of ether oxygens (including phenoxy) is 2. The largest absolute Gasteiger partial charge is 0.459 e. The smallest absolute Gasteiger partial charge is 0.410 e. The van der Waals surface area contributed by atoms with E-state index in [-0.39, 0.29) is 6.61 Å². The third kappa shape index (κ3) is 5.61. The summed E-state index contributed by atoms with van der Waals surface area (Å²) in [5.74, 6) is -1.49. The summed E-state index contributed by atoms with van der Waals surface area (Å²) in [5.41, 5.74) is -0.552. The van der Waals surface area contributed by atoms with Gasteiger partial charge in [-0.1, -0.05) is 0 Å². The number of hydrogen-bond donors (Lipinski definition) is 0. The Balaban J connectivity index is 2.56. The molecule has 0 aromatic carbocycles. The zero-order valence-electron chi connectivity index (χ0n) is 13.2. The first kappa shape index (κ1) is 17.3. The average Bonchev–Trinajstić information content (AvgIpc) is 2.61. The van der Waals surface area contributed by atoms with E-state index in [2.05, 4.69) is 0 Å². The van der Waals surface area contributed by atoms with Gasteiger partial charge in [-0.2, -0.15) is 0 Å². The van der Waals surface area contributed by atoms with Gasteiger partial charge in [0, 0.05) is 26.2 Å². The van der Waals surface area contributed by atoms with Gasteiger partial charge in [-0.3, -0.25) is 4.79 Å². The van der Waals surface area contributed by atoms with Gasteiger partial charge in [-0.05, 0) is 34.1 Å². The fraction of sp³-hybridized carbons (Fsp3) is 0.786. The standard InChI is InChI=1S/C14H24N2O5/c1-5-20-12(18)11(17)15-7-6-8-16(10-9-15)13(19)21-14(2,3)4/h5-10H2,1-4H3. The molecular weight excluding hydrogens is 276 g/mol. The molecule has 2 amide bonds. The van der Waals surface area contributed by atoms with E-state index in [1.165, 1.54) is 4.90 Å². The van der Waals surface area contributed by atoms with Crippen molar-refractivity contribution < 1.29 is 23.9 Å². The molecule has 1 fully saturated rings. The van der Waals surface area contributed by atoms with Crippen LogP contribution >= 0.6 is 0 Å². The predicted octanol–water partition coefficient (Wildman–Crippen LogP) is 1.02. The van der Waals surface area contributed by atoms with E-state index < -0.39 is 23.6 Å². The second-order valence-electron chi connectivity index (χ2n) is 5.83. The van der Waals surface area contributed by atoms with Crippen LogP contribution < -0.4 is 0 Å². The molecule has 1 rings (SSSR count). The molecule has 1 saturated heterocycles. The number of nitrogens with zero attached hydrogens (tertiary/aromatic N) is 2. The summed E-state index contributed by atoms with van der Waals surface area (Å²) in [5, 5.41) is 0. The maximum Gasteiger partial charge on any atom is 0.410 e. The Hall–Kier alpha value is -1.79. The molecule has 1 aliphatic heterocycles. The molecule has 0 saturated carbocycles. The lowest BCUT2D eigenvalue weighted by Crippen LogP contribution is -2.42. The van der Waals surface area contributed by atoms with E-state index in [9.17, 15) is 14.4 Å². The van der Waals surface area contributed by atoms with Gasteiger partial charge in [-0.15, -0.1) is 0 Å². The third-order valence-corrected chi connectivity index (χ3v) is 2.88. The van der Waals surface area contributed by atoms with Crippen molar-refractivity contribution in [3.05, 3.63) is 0 Å². The number of amides is 2. The lowest BCUT2D eigenvalue weighted by Gasteiger charge is -2.26. The van der Waals surface area contributed by atoms with E-state index in [1.807, 2.05) is 0 Å². The molecule has 0 N–H and O–H groups in total. The van der Waals surface area contributed by atoms with Crippen molar-refractivity contribution in [3.63, 3.8) is 0 Å². The Kier molecular flexibility index (Phi) is 5.99. The molecule has 0 aromatic heterocycles. The lowest BCUT2D eigenvalue weighted by atomic mass is 10.2. The van der Waals surface area contributed by atoms with Gasteiger partial charge in [0.25, 0.3) is 0 Å². The normalized spacial score (nSPS) is 16.2. The molecule has 0 spiro atoms. The molecule has 1 aliphatic rings. The van der Waals surface area contributed by atoms with Crippen LogP contribution in [-0.2, 0) is 19.1 Å². The van der Waals surface area contributed by atoms with Crippen molar-refractivity contribution in [2.75, 3.05) is 32.8 Å². The molecule has 0 radical (unpaired) electrons. The molecule has 1 heterocycles. The highest BCUT2D eigenvalue weighted by molar-refractivity contribution is 6.32. The van der Waals surface area contributed by atoms with Crippen LogP contribution in [-0.4, -0.2) is 66.2 Å². The first-order chi connectivity index (χ1) is 9.74. The van der Waals surface area contributed by atoms with Crippen molar-refractivity contribution in [2.45, 2.75) is 39.7 Å². The van der Waals surface area contributed by atoms with Gasteiger partial charge in [0.2, 0.25) is 0 Å². The van der Waals surface area contributed by atoms with Gasteiger partial charge in [-0.25, -0.2) is 9.59 Å². The van der Waals surface area contributed by atoms with Gasteiger partial charge >= 0.3 is 18.0 Å². The van der Waals surface area contributed by atoms with E-state index in [0.29, 0.717) is 32.6 Å². The molecule has 0 aliphatic carbocycles. The number of hydrogen-bond acceptors (Lipinski definition) is 5. The third-order valence-electron chi connectivity index (χ3n) is 2.88. The molecule has 0 bridgehead atoms. The maximum atomic E-state index is 12.0. The van der Waals surface area contributed by atoms with Gasteiger partial charge in [0.15, 0.2) is 0 Å². The van der Waals surface area contributed by atoms with Crippen LogP contribution in [0.1, 0.15) is 34.1 Å². The zero-order valence-corrected chi connectivity index (χ0v) is 13.2.